The Labute approximate surface area is 227 Å². The monoisotopic (exact) mass is 599 g/mol. The molecule has 1 saturated carbocycles. The normalized spacial score (nSPS) is 14.6. The van der Waals surface area contributed by atoms with Gasteiger partial charge in [-0.05, 0) is 30.5 Å². The number of nitrogens with one attached hydrogen (secondary N) is 1. The number of hydrogen-bond acceptors (Lipinski definition) is 4. The van der Waals surface area contributed by atoms with Gasteiger partial charge < -0.3 is 10.1 Å². The molecule has 7 nitrogen and oxygen atoms in total. The minimum Gasteiger partial charge on any atom is -0.441 e. The number of ether oxygens (including phenoxy) is 1. The van der Waals surface area contributed by atoms with Crippen LogP contribution in [0.4, 0.5) is 35.1 Å². The maximum absolute atomic E-state index is 14.1. The Morgan fingerprint density at radius 1 is 1.20 bits per heavy atom. The lowest BCUT2D eigenvalue weighted by atomic mass is 10.1. The fraction of sp³-hybridized carbons (Fsp3) is 0.375. The Balaban J connectivity index is 0.00000216. The van der Waals surface area contributed by atoms with E-state index in [1.165, 1.54) is 24.5 Å². The van der Waals surface area contributed by atoms with Crippen LogP contribution in [0.2, 0.25) is 5.02 Å². The maximum Gasteiger partial charge on any atom is 0.425 e. The lowest BCUT2D eigenvalue weighted by Crippen LogP contribution is -2.25. The van der Waals surface area contributed by atoms with E-state index >= 15 is 0 Å². The van der Waals surface area contributed by atoms with Crippen molar-refractivity contribution in [2.24, 2.45) is 7.05 Å². The van der Waals surface area contributed by atoms with E-state index in [0.717, 1.165) is 29.3 Å². The number of hydrogen-bond donors (Lipinski definition) is 1. The van der Waals surface area contributed by atoms with Gasteiger partial charge in [-0.15, -0.1) is 5.10 Å². The molecule has 1 fully saturated rings. The summed E-state index contributed by atoms with van der Waals surface area (Å²) in [7, 11) is 1.64. The molecule has 2 heterocycles. The molecule has 1 aromatic carbocycles. The molecule has 0 saturated heterocycles. The zero-order valence-corrected chi connectivity index (χ0v) is 21.6. The van der Waals surface area contributed by atoms with Gasteiger partial charge in [0.1, 0.15) is 0 Å². The van der Waals surface area contributed by atoms with Crippen LogP contribution in [-0.4, -0.2) is 51.2 Å². The van der Waals surface area contributed by atoms with Gasteiger partial charge in [0.15, 0.2) is 11.4 Å². The molecule has 16 heteroatoms. The van der Waals surface area contributed by atoms with E-state index in [1.54, 1.807) is 6.07 Å². The highest BCUT2D eigenvalue weighted by atomic mass is 35.5. The molecular formula is C24H22ClF8N5O2. The van der Waals surface area contributed by atoms with E-state index in [-0.39, 0.29) is 28.6 Å². The van der Waals surface area contributed by atoms with Crippen LogP contribution >= 0.6 is 11.6 Å². The van der Waals surface area contributed by atoms with Gasteiger partial charge in [-0.1, -0.05) is 23.7 Å². The highest BCUT2D eigenvalue weighted by Crippen LogP contribution is 2.41. The number of aryl methyl sites for hydroxylation is 1. The third kappa shape index (κ3) is 7.73. The minimum atomic E-state index is -5.08. The summed E-state index contributed by atoms with van der Waals surface area (Å²) in [6, 6.07) is 4.59. The van der Waals surface area contributed by atoms with Crippen molar-refractivity contribution in [1.82, 2.24) is 24.9 Å². The standard InChI is InChI=1S/C23H19ClF7N5O2.CH3F/c1-35-21(18(23(29,30)31)20(34-35)38-17(25)3-2-8-22(26,27)28)36-11-13(10-32-36)12-4-7-16(24)15(9-12)19(37)33-14-5-6-14;1-2/h2,4,7-11,14,17H,3,5-6H2,1H3,(H,33,37);1H3/b8-2-;. The zero-order chi connectivity index (χ0) is 29.8. The summed E-state index contributed by atoms with van der Waals surface area (Å²) in [5.41, 5.74) is -0.518. The molecule has 0 aliphatic heterocycles. The van der Waals surface area contributed by atoms with Crippen molar-refractivity contribution in [3.63, 3.8) is 0 Å². The third-order valence-electron chi connectivity index (χ3n) is 5.39. The van der Waals surface area contributed by atoms with Crippen molar-refractivity contribution >= 4 is 17.5 Å². The van der Waals surface area contributed by atoms with Crippen LogP contribution in [0, 0.1) is 0 Å². The van der Waals surface area contributed by atoms with Gasteiger partial charge in [0.25, 0.3) is 5.91 Å². The molecule has 1 N–H and O–H groups in total. The first-order valence-electron chi connectivity index (χ1n) is 11.5. The number of allylic oxidation sites excluding steroid dienone is 1. The molecule has 1 unspecified atom stereocenters. The van der Waals surface area contributed by atoms with Crippen LogP contribution in [0.15, 0.2) is 42.7 Å². The summed E-state index contributed by atoms with van der Waals surface area (Å²) in [6.07, 6.45) is -8.92. The molecule has 1 aliphatic rings. The highest BCUT2D eigenvalue weighted by molar-refractivity contribution is 6.34. The SMILES string of the molecule is CF.Cn1nc(OC(F)C/C=C\C(F)(F)F)c(C(F)(F)F)c1-n1cc(-c2ccc(Cl)c(C(=O)NC3CC3)c2)cn1. The topological polar surface area (TPSA) is 74.0 Å². The molecule has 1 amide bonds. The number of rotatable bonds is 8. The van der Waals surface area contributed by atoms with E-state index in [9.17, 15) is 39.9 Å². The molecule has 40 heavy (non-hydrogen) atoms. The lowest BCUT2D eigenvalue weighted by molar-refractivity contribution is -0.139. The second-order valence-electron chi connectivity index (χ2n) is 8.45. The van der Waals surface area contributed by atoms with Crippen molar-refractivity contribution in [3.05, 3.63) is 58.9 Å². The Hall–Kier alpha value is -3.62. The number of halogens is 9. The van der Waals surface area contributed by atoms with Gasteiger partial charge in [0, 0.05) is 37.3 Å². The van der Waals surface area contributed by atoms with Gasteiger partial charge >= 0.3 is 12.4 Å². The molecule has 3 aromatic rings. The van der Waals surface area contributed by atoms with Gasteiger partial charge in [-0.3, -0.25) is 9.18 Å². The fourth-order valence-corrected chi connectivity index (χ4v) is 3.72. The Kier molecular flexibility index (Phi) is 9.48. The number of amides is 1. The van der Waals surface area contributed by atoms with Gasteiger partial charge in [0.05, 0.1) is 24.0 Å². The molecule has 0 bridgehead atoms. The van der Waals surface area contributed by atoms with Crippen LogP contribution in [0.25, 0.3) is 16.9 Å². The lowest BCUT2D eigenvalue weighted by Gasteiger charge is -2.12. The van der Waals surface area contributed by atoms with E-state index in [1.807, 2.05) is 0 Å². The summed E-state index contributed by atoms with van der Waals surface area (Å²) in [4.78, 5) is 12.5. The minimum absolute atomic E-state index is 0.0802. The van der Waals surface area contributed by atoms with E-state index in [2.05, 4.69) is 20.3 Å². The summed E-state index contributed by atoms with van der Waals surface area (Å²) >= 11 is 6.15. The van der Waals surface area contributed by atoms with E-state index in [4.69, 9.17) is 11.6 Å². The fourth-order valence-electron chi connectivity index (χ4n) is 3.52. The maximum atomic E-state index is 14.1. The Morgan fingerprint density at radius 3 is 2.48 bits per heavy atom. The molecule has 2 aromatic heterocycles. The van der Waals surface area contributed by atoms with Gasteiger partial charge in [-0.25, -0.2) is 13.8 Å². The zero-order valence-electron chi connectivity index (χ0n) is 20.8. The van der Waals surface area contributed by atoms with Crippen LogP contribution in [0.1, 0.15) is 35.2 Å². The summed E-state index contributed by atoms with van der Waals surface area (Å²) in [5.74, 6) is -2.17. The first kappa shape index (κ1) is 30.9. The van der Waals surface area contributed by atoms with E-state index < -0.39 is 42.4 Å². The van der Waals surface area contributed by atoms with Crippen molar-refractivity contribution in [1.29, 1.82) is 0 Å². The highest BCUT2D eigenvalue weighted by Gasteiger charge is 2.42. The number of nitrogens with zero attached hydrogens (tertiary/aromatic N) is 4. The Morgan fingerprint density at radius 2 is 1.88 bits per heavy atom. The molecule has 1 aliphatic carbocycles. The predicted molar refractivity (Wildman–Crippen MR) is 129 cm³/mol. The van der Waals surface area contributed by atoms with Crippen molar-refractivity contribution in [2.45, 2.75) is 44.0 Å². The predicted octanol–water partition coefficient (Wildman–Crippen LogP) is 6.61. The number of benzene rings is 1. The molecule has 4 rings (SSSR count). The van der Waals surface area contributed by atoms with Crippen molar-refractivity contribution < 1.29 is 44.7 Å². The first-order chi connectivity index (χ1) is 18.7. The number of alkyl halides is 8. The average molecular weight is 600 g/mol. The molecular weight excluding hydrogens is 578 g/mol. The molecule has 1 atom stereocenters. The average Bonchev–Trinajstić information content (AvgIpc) is 3.41. The summed E-state index contributed by atoms with van der Waals surface area (Å²) < 4.78 is 108. The molecule has 0 spiro atoms. The second kappa shape index (κ2) is 12.3. The summed E-state index contributed by atoms with van der Waals surface area (Å²) in [5, 5.41) is 10.5. The van der Waals surface area contributed by atoms with Crippen molar-refractivity contribution in [2.75, 3.05) is 7.18 Å². The van der Waals surface area contributed by atoms with Gasteiger partial charge in [-0.2, -0.15) is 31.4 Å². The number of carbonyl (C=O) groups excluding carboxylic acids is 1. The largest absolute Gasteiger partial charge is 0.441 e. The second-order valence-corrected chi connectivity index (χ2v) is 8.86. The number of carbonyl (C=O) groups is 1. The van der Waals surface area contributed by atoms with Crippen LogP contribution in [0.3, 0.4) is 0 Å². The molecule has 218 valence electrons. The summed E-state index contributed by atoms with van der Waals surface area (Å²) in [6.45, 7) is 0. The first-order valence-corrected chi connectivity index (χ1v) is 11.8. The number of aromatic nitrogens is 4. The van der Waals surface area contributed by atoms with Crippen LogP contribution in [0.5, 0.6) is 5.88 Å². The third-order valence-corrected chi connectivity index (χ3v) is 5.72. The van der Waals surface area contributed by atoms with Crippen LogP contribution in [-0.2, 0) is 13.2 Å². The van der Waals surface area contributed by atoms with E-state index in [0.29, 0.717) is 24.4 Å². The smallest absolute Gasteiger partial charge is 0.425 e. The van der Waals surface area contributed by atoms with Crippen LogP contribution < -0.4 is 10.1 Å². The molecule has 0 radical (unpaired) electrons. The van der Waals surface area contributed by atoms with Crippen molar-refractivity contribution in [3.8, 4) is 22.8 Å². The quantitative estimate of drug-likeness (QED) is 0.234. The van der Waals surface area contributed by atoms with Gasteiger partial charge in [0.2, 0.25) is 12.2 Å². The Bertz CT molecular complexity index is 1360.